The minimum Gasteiger partial charge on any atom is -0.334 e. The number of halogens is 1. The fourth-order valence-corrected chi connectivity index (χ4v) is 2.50. The largest absolute Gasteiger partial charge is 0.611 e. The maximum atomic E-state index is 14.7. The van der Waals surface area contributed by atoms with Gasteiger partial charge in [0, 0.05) is 16.9 Å². The molecule has 1 heterocycles. The number of anilines is 2. The lowest BCUT2D eigenvalue weighted by molar-refractivity contribution is 0.816. The van der Waals surface area contributed by atoms with Gasteiger partial charge in [-0.15, -0.1) is 0 Å². The lowest BCUT2D eigenvalue weighted by atomic mass is 9.90. The maximum Gasteiger partial charge on any atom is 0.611 e. The van der Waals surface area contributed by atoms with Crippen LogP contribution < -0.4 is 4.81 Å². The SMILES string of the molecule is C/C=C\C=C/C1=NB(F)N(c2ccccc2)c2ccccc21. The van der Waals surface area contributed by atoms with Gasteiger partial charge in [0.25, 0.3) is 0 Å². The summed E-state index contributed by atoms with van der Waals surface area (Å²) < 4.78 is 14.7. The van der Waals surface area contributed by atoms with Gasteiger partial charge in [-0.3, -0.25) is 9.22 Å². The van der Waals surface area contributed by atoms with Crippen LogP contribution in [0.3, 0.4) is 0 Å². The van der Waals surface area contributed by atoms with E-state index in [0.29, 0.717) is 5.71 Å². The van der Waals surface area contributed by atoms with Crippen molar-refractivity contribution in [2.45, 2.75) is 6.92 Å². The molecule has 0 radical (unpaired) electrons. The first kappa shape index (κ1) is 14.3. The second-order valence-electron chi connectivity index (χ2n) is 4.93. The van der Waals surface area contributed by atoms with Gasteiger partial charge < -0.3 is 4.81 Å². The summed E-state index contributed by atoms with van der Waals surface area (Å²) in [7, 11) is -1.43. The van der Waals surface area contributed by atoms with Crippen LogP contribution in [0.25, 0.3) is 0 Å². The van der Waals surface area contributed by atoms with Crippen LogP contribution in [0.1, 0.15) is 12.5 Å². The molecule has 1 aliphatic rings. The van der Waals surface area contributed by atoms with Crippen LogP contribution in [-0.4, -0.2) is 13.0 Å². The van der Waals surface area contributed by atoms with Gasteiger partial charge in [0.2, 0.25) is 0 Å². The van der Waals surface area contributed by atoms with E-state index in [1.54, 1.807) is 4.81 Å². The lowest BCUT2D eigenvalue weighted by Crippen LogP contribution is -2.36. The van der Waals surface area contributed by atoms with Crippen molar-refractivity contribution in [1.29, 1.82) is 0 Å². The Labute approximate surface area is 130 Å². The fourth-order valence-electron chi connectivity index (χ4n) is 2.50. The molecule has 0 unspecified atom stereocenters. The first-order valence-corrected chi connectivity index (χ1v) is 7.26. The van der Waals surface area contributed by atoms with E-state index in [4.69, 9.17) is 0 Å². The van der Waals surface area contributed by atoms with Crippen LogP contribution in [0.15, 0.2) is 83.8 Å². The quantitative estimate of drug-likeness (QED) is 0.590. The maximum absolute atomic E-state index is 14.7. The molecule has 2 aromatic carbocycles. The fraction of sp³-hybridized carbons (Fsp3) is 0.0556. The second-order valence-corrected chi connectivity index (χ2v) is 4.93. The summed E-state index contributed by atoms with van der Waals surface area (Å²) in [5.74, 6) is 0. The van der Waals surface area contributed by atoms with Gasteiger partial charge in [0.1, 0.15) is 0 Å². The molecular weight excluding hydrogens is 274 g/mol. The predicted octanol–water partition coefficient (Wildman–Crippen LogP) is 4.71. The molecule has 0 saturated heterocycles. The van der Waals surface area contributed by atoms with Gasteiger partial charge in [-0.2, -0.15) is 0 Å². The summed E-state index contributed by atoms with van der Waals surface area (Å²) in [5.41, 5.74) is 3.22. The second kappa shape index (κ2) is 6.44. The molecule has 0 saturated carbocycles. The van der Waals surface area contributed by atoms with E-state index in [1.165, 1.54) is 0 Å². The lowest BCUT2D eigenvalue weighted by Gasteiger charge is -2.30. The molecule has 0 aromatic heterocycles. The number of hydrogen-bond acceptors (Lipinski definition) is 2. The number of para-hydroxylation sites is 2. The monoisotopic (exact) mass is 290 g/mol. The van der Waals surface area contributed by atoms with Crippen molar-refractivity contribution in [2.24, 2.45) is 4.90 Å². The molecule has 2 aromatic rings. The Morgan fingerprint density at radius 3 is 2.50 bits per heavy atom. The molecule has 1 aliphatic heterocycles. The molecule has 0 aliphatic carbocycles. The minimum absolute atomic E-state index is 0.661. The Morgan fingerprint density at radius 1 is 1.00 bits per heavy atom. The van der Waals surface area contributed by atoms with Crippen molar-refractivity contribution >= 4 is 24.3 Å². The Balaban J connectivity index is 2.08. The van der Waals surface area contributed by atoms with Gasteiger partial charge in [0.05, 0.1) is 5.71 Å². The van der Waals surface area contributed by atoms with Crippen LogP contribution in [0.2, 0.25) is 0 Å². The third-order valence-corrected chi connectivity index (χ3v) is 3.49. The van der Waals surface area contributed by atoms with Gasteiger partial charge in [-0.1, -0.05) is 54.6 Å². The minimum atomic E-state index is -1.43. The smallest absolute Gasteiger partial charge is 0.334 e. The molecule has 4 heteroatoms. The molecule has 0 spiro atoms. The number of benzene rings is 2. The molecule has 22 heavy (non-hydrogen) atoms. The van der Waals surface area contributed by atoms with E-state index in [9.17, 15) is 4.32 Å². The first-order valence-electron chi connectivity index (χ1n) is 7.26. The van der Waals surface area contributed by atoms with E-state index < -0.39 is 7.26 Å². The van der Waals surface area contributed by atoms with Crippen molar-refractivity contribution in [3.8, 4) is 0 Å². The van der Waals surface area contributed by atoms with Gasteiger partial charge in [-0.25, -0.2) is 0 Å². The zero-order valence-electron chi connectivity index (χ0n) is 12.4. The van der Waals surface area contributed by atoms with E-state index in [2.05, 4.69) is 4.90 Å². The molecule has 0 bridgehead atoms. The summed E-state index contributed by atoms with van der Waals surface area (Å²) in [6.07, 6.45) is 7.55. The molecule has 0 atom stereocenters. The molecule has 0 amide bonds. The predicted molar refractivity (Wildman–Crippen MR) is 92.4 cm³/mol. The van der Waals surface area contributed by atoms with E-state index in [1.807, 2.05) is 85.8 Å². The average molecular weight is 290 g/mol. The van der Waals surface area contributed by atoms with Gasteiger partial charge >= 0.3 is 7.26 Å². The summed E-state index contributed by atoms with van der Waals surface area (Å²) >= 11 is 0. The van der Waals surface area contributed by atoms with Crippen LogP contribution in [0.4, 0.5) is 15.7 Å². The summed E-state index contributed by atoms with van der Waals surface area (Å²) in [6.45, 7) is 1.94. The molecule has 3 rings (SSSR count). The normalized spacial score (nSPS) is 14.5. The number of fused-ring (bicyclic) bond motifs is 1. The highest BCUT2D eigenvalue weighted by Gasteiger charge is 2.33. The zero-order valence-corrected chi connectivity index (χ0v) is 12.4. The first-order chi connectivity index (χ1) is 10.8. The van der Waals surface area contributed by atoms with Crippen molar-refractivity contribution in [3.05, 3.63) is 84.5 Å². The van der Waals surface area contributed by atoms with Gasteiger partial charge in [-0.05, 0) is 31.2 Å². The van der Waals surface area contributed by atoms with E-state index in [0.717, 1.165) is 16.9 Å². The Bertz CT molecular complexity index is 738. The number of rotatable bonds is 3. The summed E-state index contributed by atoms with van der Waals surface area (Å²) in [6, 6.07) is 17.2. The molecule has 0 N–H and O–H groups in total. The van der Waals surface area contributed by atoms with Gasteiger partial charge in [0.15, 0.2) is 0 Å². The van der Waals surface area contributed by atoms with Crippen molar-refractivity contribution in [2.75, 3.05) is 4.81 Å². The van der Waals surface area contributed by atoms with Crippen molar-refractivity contribution in [1.82, 2.24) is 0 Å². The Kier molecular flexibility index (Phi) is 4.19. The topological polar surface area (TPSA) is 15.6 Å². The summed E-state index contributed by atoms with van der Waals surface area (Å²) in [5, 5.41) is 0. The highest BCUT2D eigenvalue weighted by Crippen LogP contribution is 2.34. The third kappa shape index (κ3) is 2.73. The Hall–Kier alpha value is -2.62. The Morgan fingerprint density at radius 2 is 1.73 bits per heavy atom. The third-order valence-electron chi connectivity index (χ3n) is 3.49. The molecule has 2 nitrogen and oxygen atoms in total. The van der Waals surface area contributed by atoms with Crippen LogP contribution in [0.5, 0.6) is 0 Å². The average Bonchev–Trinajstić information content (AvgIpc) is 2.56. The van der Waals surface area contributed by atoms with E-state index in [-0.39, 0.29) is 0 Å². The van der Waals surface area contributed by atoms with Crippen LogP contribution in [-0.2, 0) is 0 Å². The number of allylic oxidation sites excluding steroid dienone is 4. The molecule has 0 fully saturated rings. The van der Waals surface area contributed by atoms with Crippen LogP contribution in [0, 0.1) is 0 Å². The van der Waals surface area contributed by atoms with Crippen molar-refractivity contribution in [3.63, 3.8) is 0 Å². The molecule has 108 valence electrons. The standard InChI is InChI=1S/C18H16BFN2/c1-2-3-5-13-17-16-12-8-9-14-18(16)22(19(20)21-17)15-10-6-4-7-11-15/h2-14H,1H3/b3-2-,13-5-. The van der Waals surface area contributed by atoms with Crippen LogP contribution >= 0.6 is 0 Å². The number of nitrogens with zero attached hydrogens (tertiary/aromatic N) is 2. The summed E-state index contributed by atoms with van der Waals surface area (Å²) in [4.78, 5) is 5.82. The number of hydrogen-bond donors (Lipinski definition) is 0. The highest BCUT2D eigenvalue weighted by molar-refractivity contribution is 6.60. The van der Waals surface area contributed by atoms with Crippen molar-refractivity contribution < 1.29 is 4.32 Å². The molecular formula is C18H16BFN2. The highest BCUT2D eigenvalue weighted by atomic mass is 19.1. The zero-order chi connectivity index (χ0) is 15.4. The van der Waals surface area contributed by atoms with E-state index >= 15 is 0 Å².